The molecular formula is C12H17BrN2O3. The van der Waals surface area contributed by atoms with Gasteiger partial charge in [0.05, 0.1) is 0 Å². The molecule has 0 fully saturated rings. The van der Waals surface area contributed by atoms with Gasteiger partial charge in [-0.1, -0.05) is 36.7 Å². The fourth-order valence-corrected chi connectivity index (χ4v) is 1.53. The van der Waals surface area contributed by atoms with Crippen molar-refractivity contribution in [3.63, 3.8) is 0 Å². The summed E-state index contributed by atoms with van der Waals surface area (Å²) >= 11 is 3.34. The van der Waals surface area contributed by atoms with Crippen molar-refractivity contribution >= 4 is 22.0 Å². The van der Waals surface area contributed by atoms with Crippen LogP contribution in [0.25, 0.3) is 0 Å². The summed E-state index contributed by atoms with van der Waals surface area (Å²) in [6, 6.07) is 3.56. The number of ether oxygens (including phenoxy) is 2. The van der Waals surface area contributed by atoms with Crippen LogP contribution in [0.1, 0.15) is 20.8 Å². The minimum Gasteiger partial charge on any atom is -0.470 e. The van der Waals surface area contributed by atoms with Crippen LogP contribution >= 0.6 is 15.9 Å². The number of nitrogens with two attached hydrogens (primary N) is 1. The number of aromatic nitrogens is 1. The summed E-state index contributed by atoms with van der Waals surface area (Å²) in [5, 5.41) is 0. The Morgan fingerprint density at radius 2 is 2.22 bits per heavy atom. The molecule has 1 rings (SSSR count). The van der Waals surface area contributed by atoms with Gasteiger partial charge in [0.2, 0.25) is 5.88 Å². The van der Waals surface area contributed by atoms with E-state index in [1.807, 2.05) is 20.8 Å². The summed E-state index contributed by atoms with van der Waals surface area (Å²) < 4.78 is 11.4. The van der Waals surface area contributed by atoms with Gasteiger partial charge in [-0.15, -0.1) is 0 Å². The third-order valence-electron chi connectivity index (χ3n) is 2.30. The van der Waals surface area contributed by atoms with E-state index in [2.05, 4.69) is 20.9 Å². The molecule has 1 amide bonds. The summed E-state index contributed by atoms with van der Waals surface area (Å²) in [7, 11) is 0. The minimum atomic E-state index is -0.810. The predicted octanol–water partition coefficient (Wildman–Crippen LogP) is 2.73. The van der Waals surface area contributed by atoms with E-state index in [0.717, 1.165) is 4.47 Å². The zero-order valence-electron chi connectivity index (χ0n) is 10.6. The number of hydrogen-bond acceptors (Lipinski definition) is 4. The highest BCUT2D eigenvalue weighted by Gasteiger charge is 2.28. The summed E-state index contributed by atoms with van der Waals surface area (Å²) in [6.45, 7) is 6.05. The third kappa shape index (κ3) is 4.91. The molecular weight excluding hydrogens is 300 g/mol. The van der Waals surface area contributed by atoms with E-state index in [1.165, 1.54) is 0 Å². The molecule has 100 valence electrons. The molecule has 18 heavy (non-hydrogen) atoms. The number of nitrogens with zero attached hydrogens (tertiary/aromatic N) is 1. The summed E-state index contributed by atoms with van der Waals surface area (Å²) in [4.78, 5) is 14.8. The lowest BCUT2D eigenvalue weighted by Crippen LogP contribution is -2.38. The SMILES string of the molecule is CC(C)(C)C(COC(N)=O)Oc1cc(Br)ccn1. The maximum Gasteiger partial charge on any atom is 0.404 e. The average molecular weight is 317 g/mol. The van der Waals surface area contributed by atoms with Crippen LogP contribution in [0.15, 0.2) is 22.8 Å². The maximum atomic E-state index is 10.7. The van der Waals surface area contributed by atoms with Crippen LogP contribution in [-0.4, -0.2) is 23.8 Å². The van der Waals surface area contributed by atoms with Crippen LogP contribution in [-0.2, 0) is 4.74 Å². The van der Waals surface area contributed by atoms with Gasteiger partial charge in [-0.25, -0.2) is 9.78 Å². The van der Waals surface area contributed by atoms with Crippen molar-refractivity contribution in [3.05, 3.63) is 22.8 Å². The molecule has 2 N–H and O–H groups in total. The highest BCUT2D eigenvalue weighted by atomic mass is 79.9. The molecule has 0 spiro atoms. The first-order valence-electron chi connectivity index (χ1n) is 5.49. The van der Waals surface area contributed by atoms with Gasteiger partial charge >= 0.3 is 6.09 Å². The van der Waals surface area contributed by atoms with Crippen LogP contribution in [0.2, 0.25) is 0 Å². The molecule has 0 aliphatic rings. The first kappa shape index (κ1) is 14.8. The zero-order valence-corrected chi connectivity index (χ0v) is 12.2. The number of halogens is 1. The van der Waals surface area contributed by atoms with E-state index in [-0.39, 0.29) is 18.1 Å². The van der Waals surface area contributed by atoms with Crippen LogP contribution in [0, 0.1) is 5.41 Å². The van der Waals surface area contributed by atoms with Gasteiger partial charge in [0.15, 0.2) is 0 Å². The van der Waals surface area contributed by atoms with Crippen LogP contribution in [0.5, 0.6) is 5.88 Å². The van der Waals surface area contributed by atoms with E-state index in [4.69, 9.17) is 15.2 Å². The molecule has 1 heterocycles. The summed E-state index contributed by atoms with van der Waals surface area (Å²) in [6.07, 6.45) is 0.496. The van der Waals surface area contributed by atoms with Gasteiger partial charge < -0.3 is 15.2 Å². The smallest absolute Gasteiger partial charge is 0.404 e. The molecule has 1 aromatic heterocycles. The Morgan fingerprint density at radius 3 is 2.72 bits per heavy atom. The van der Waals surface area contributed by atoms with Crippen LogP contribution < -0.4 is 10.5 Å². The lowest BCUT2D eigenvalue weighted by molar-refractivity contribution is 0.0211. The first-order valence-corrected chi connectivity index (χ1v) is 6.29. The number of hydrogen-bond donors (Lipinski definition) is 1. The molecule has 0 bridgehead atoms. The molecule has 0 aliphatic carbocycles. The first-order chi connectivity index (χ1) is 8.29. The number of pyridine rings is 1. The van der Waals surface area contributed by atoms with E-state index in [0.29, 0.717) is 5.88 Å². The summed E-state index contributed by atoms with van der Waals surface area (Å²) in [5.74, 6) is 0.470. The summed E-state index contributed by atoms with van der Waals surface area (Å²) in [5.41, 5.74) is 4.75. The minimum absolute atomic E-state index is 0.0903. The highest BCUT2D eigenvalue weighted by molar-refractivity contribution is 9.10. The molecule has 0 aromatic carbocycles. The standard InChI is InChI=1S/C12H17BrN2O3/c1-12(2,3)9(7-17-11(14)16)18-10-6-8(13)4-5-15-10/h4-6,9H,7H2,1-3H3,(H2,14,16). The van der Waals surface area contributed by atoms with E-state index >= 15 is 0 Å². The van der Waals surface area contributed by atoms with Gasteiger partial charge in [-0.2, -0.15) is 0 Å². The molecule has 0 saturated carbocycles. The molecule has 5 nitrogen and oxygen atoms in total. The maximum absolute atomic E-state index is 10.7. The second kappa shape index (κ2) is 6.04. The third-order valence-corrected chi connectivity index (χ3v) is 2.80. The quantitative estimate of drug-likeness (QED) is 0.926. The Bertz CT molecular complexity index is 418. The van der Waals surface area contributed by atoms with Crippen molar-refractivity contribution in [2.45, 2.75) is 26.9 Å². The fraction of sp³-hybridized carbons (Fsp3) is 0.500. The molecule has 0 radical (unpaired) electrons. The lowest BCUT2D eigenvalue weighted by atomic mass is 9.89. The second-order valence-electron chi connectivity index (χ2n) is 4.91. The Morgan fingerprint density at radius 1 is 1.56 bits per heavy atom. The number of carbonyl (C=O) groups excluding carboxylic acids is 1. The van der Waals surface area contributed by atoms with Crippen LogP contribution in [0.3, 0.4) is 0 Å². The number of primary amides is 1. The molecule has 0 saturated heterocycles. The Balaban J connectivity index is 2.75. The fourth-order valence-electron chi connectivity index (χ4n) is 1.21. The Labute approximate surface area is 115 Å². The monoisotopic (exact) mass is 316 g/mol. The Kier molecular flexibility index (Phi) is 4.95. The van der Waals surface area contributed by atoms with Crippen molar-refractivity contribution in [3.8, 4) is 5.88 Å². The molecule has 0 aliphatic heterocycles. The van der Waals surface area contributed by atoms with Gasteiger partial charge in [-0.3, -0.25) is 0 Å². The van der Waals surface area contributed by atoms with Crippen LogP contribution in [0.4, 0.5) is 4.79 Å². The predicted molar refractivity (Wildman–Crippen MR) is 71.3 cm³/mol. The zero-order chi connectivity index (χ0) is 13.8. The largest absolute Gasteiger partial charge is 0.470 e. The van der Waals surface area contributed by atoms with Gasteiger partial charge in [0.25, 0.3) is 0 Å². The van der Waals surface area contributed by atoms with Crippen molar-refractivity contribution in [1.29, 1.82) is 0 Å². The number of amides is 1. The molecule has 1 unspecified atom stereocenters. The van der Waals surface area contributed by atoms with Crippen molar-refractivity contribution < 1.29 is 14.3 Å². The highest BCUT2D eigenvalue weighted by Crippen LogP contribution is 2.25. The second-order valence-corrected chi connectivity index (χ2v) is 5.83. The molecule has 6 heteroatoms. The van der Waals surface area contributed by atoms with Gasteiger partial charge in [0, 0.05) is 22.2 Å². The molecule has 1 atom stereocenters. The molecule has 1 aromatic rings. The topological polar surface area (TPSA) is 74.4 Å². The van der Waals surface area contributed by atoms with E-state index in [1.54, 1.807) is 18.3 Å². The number of rotatable bonds is 4. The van der Waals surface area contributed by atoms with Crippen molar-refractivity contribution in [2.75, 3.05) is 6.61 Å². The number of carbonyl (C=O) groups is 1. The van der Waals surface area contributed by atoms with Gasteiger partial charge in [-0.05, 0) is 6.07 Å². The lowest BCUT2D eigenvalue weighted by Gasteiger charge is -2.30. The van der Waals surface area contributed by atoms with E-state index < -0.39 is 6.09 Å². The van der Waals surface area contributed by atoms with Crippen molar-refractivity contribution in [2.24, 2.45) is 11.1 Å². The van der Waals surface area contributed by atoms with Crippen molar-refractivity contribution in [1.82, 2.24) is 4.98 Å². The normalized spacial score (nSPS) is 12.9. The van der Waals surface area contributed by atoms with E-state index in [9.17, 15) is 4.79 Å². The Hall–Kier alpha value is -1.30. The van der Waals surface area contributed by atoms with Gasteiger partial charge in [0.1, 0.15) is 12.7 Å². The average Bonchev–Trinajstić information content (AvgIpc) is 2.22.